The van der Waals surface area contributed by atoms with Gasteiger partial charge in [-0.1, -0.05) is 25.1 Å². The van der Waals surface area contributed by atoms with Crippen LogP contribution < -0.4 is 26.2 Å². The van der Waals surface area contributed by atoms with E-state index >= 15 is 0 Å². The molecule has 0 unspecified atom stereocenters. The van der Waals surface area contributed by atoms with Crippen molar-refractivity contribution in [3.05, 3.63) is 59.7 Å². The van der Waals surface area contributed by atoms with Gasteiger partial charge in [-0.15, -0.1) is 0 Å². The fourth-order valence-electron chi connectivity index (χ4n) is 2.40. The average Bonchev–Trinajstić information content (AvgIpc) is 2.72. The first-order chi connectivity index (χ1) is 14.4. The number of amides is 3. The minimum atomic E-state index is -0.461. The standard InChI is InChI=1S/C21H24N4O4S/c1-3-6-18(26)22-16-11-9-15(10-12-16)20(28)24-25-21(30)23-19(27)13-29-17-8-5-4-7-14(17)2/h4-5,7-12H,3,6,13H2,1-2H3,(H,22,26)(H,24,28)(H2,23,25,27,30). The van der Waals surface area contributed by atoms with Gasteiger partial charge < -0.3 is 10.1 Å². The van der Waals surface area contributed by atoms with Gasteiger partial charge in [0.05, 0.1) is 0 Å². The summed E-state index contributed by atoms with van der Waals surface area (Å²) in [5.41, 5.74) is 6.73. The van der Waals surface area contributed by atoms with Crippen molar-refractivity contribution in [1.29, 1.82) is 0 Å². The van der Waals surface area contributed by atoms with E-state index in [1.807, 2.05) is 32.0 Å². The third-order valence-electron chi connectivity index (χ3n) is 3.90. The molecule has 2 aromatic carbocycles. The predicted octanol–water partition coefficient (Wildman–Crippen LogP) is 2.45. The monoisotopic (exact) mass is 428 g/mol. The summed E-state index contributed by atoms with van der Waals surface area (Å²) in [7, 11) is 0. The number of carbonyl (C=O) groups is 3. The fraction of sp³-hybridized carbons (Fsp3) is 0.238. The van der Waals surface area contributed by atoms with Crippen LogP contribution in [-0.4, -0.2) is 29.4 Å². The Hall–Kier alpha value is -3.46. The first kappa shape index (κ1) is 22.8. The molecule has 3 amide bonds. The molecule has 0 saturated carbocycles. The molecule has 0 fully saturated rings. The molecule has 2 aromatic rings. The summed E-state index contributed by atoms with van der Waals surface area (Å²) in [5, 5.41) is 5.09. The first-order valence-corrected chi connectivity index (χ1v) is 9.78. The molecule has 0 aliphatic heterocycles. The van der Waals surface area contributed by atoms with Crippen LogP contribution in [-0.2, 0) is 9.59 Å². The zero-order chi connectivity index (χ0) is 21.9. The van der Waals surface area contributed by atoms with Gasteiger partial charge in [-0.25, -0.2) is 0 Å². The Morgan fingerprint density at radius 2 is 1.67 bits per heavy atom. The van der Waals surface area contributed by atoms with Crippen molar-refractivity contribution in [3.63, 3.8) is 0 Å². The number of carbonyl (C=O) groups excluding carboxylic acids is 3. The quantitative estimate of drug-likeness (QED) is 0.399. The SMILES string of the molecule is CCCC(=O)Nc1ccc(C(=O)NNC(=S)NC(=O)COc2ccccc2C)cc1. The predicted molar refractivity (Wildman–Crippen MR) is 118 cm³/mol. The molecule has 158 valence electrons. The van der Waals surface area contributed by atoms with Crippen LogP contribution in [0, 0.1) is 6.92 Å². The number of rotatable bonds is 7. The van der Waals surface area contributed by atoms with Crippen molar-refractivity contribution in [3.8, 4) is 5.75 Å². The maximum Gasteiger partial charge on any atom is 0.269 e. The molecule has 0 spiro atoms. The third-order valence-corrected chi connectivity index (χ3v) is 4.11. The molecule has 0 saturated heterocycles. The Labute approximate surface area is 180 Å². The number of thiocarbonyl (C=S) groups is 1. The van der Waals surface area contributed by atoms with E-state index in [1.54, 1.807) is 30.3 Å². The molecule has 0 aliphatic rings. The van der Waals surface area contributed by atoms with Crippen LogP contribution in [0.4, 0.5) is 5.69 Å². The van der Waals surface area contributed by atoms with Gasteiger partial charge in [0.25, 0.3) is 11.8 Å². The molecule has 4 N–H and O–H groups in total. The van der Waals surface area contributed by atoms with Crippen molar-refractivity contribution in [2.24, 2.45) is 0 Å². The van der Waals surface area contributed by atoms with Gasteiger partial charge in [0.1, 0.15) is 5.75 Å². The summed E-state index contributed by atoms with van der Waals surface area (Å²) in [5.74, 6) is -0.385. The van der Waals surface area contributed by atoms with E-state index in [9.17, 15) is 14.4 Å². The lowest BCUT2D eigenvalue weighted by molar-refractivity contribution is -0.121. The minimum absolute atomic E-state index is 0.0646. The zero-order valence-corrected chi connectivity index (χ0v) is 17.6. The van der Waals surface area contributed by atoms with Gasteiger partial charge in [-0.3, -0.25) is 30.6 Å². The highest BCUT2D eigenvalue weighted by atomic mass is 32.1. The lowest BCUT2D eigenvalue weighted by atomic mass is 10.2. The lowest BCUT2D eigenvalue weighted by Gasteiger charge is -2.12. The molecule has 0 bridgehead atoms. The van der Waals surface area contributed by atoms with Gasteiger partial charge in [0.2, 0.25) is 5.91 Å². The van der Waals surface area contributed by atoms with Crippen LogP contribution in [0.3, 0.4) is 0 Å². The number of hydrogen-bond acceptors (Lipinski definition) is 5. The van der Waals surface area contributed by atoms with Crippen LogP contribution in [0.1, 0.15) is 35.7 Å². The van der Waals surface area contributed by atoms with E-state index in [2.05, 4.69) is 21.5 Å². The zero-order valence-electron chi connectivity index (χ0n) is 16.8. The summed E-state index contributed by atoms with van der Waals surface area (Å²) < 4.78 is 5.43. The molecule has 30 heavy (non-hydrogen) atoms. The molecule has 0 aromatic heterocycles. The number of nitrogens with one attached hydrogen (secondary N) is 4. The minimum Gasteiger partial charge on any atom is -0.483 e. The molecule has 9 heteroatoms. The Morgan fingerprint density at radius 3 is 2.33 bits per heavy atom. The largest absolute Gasteiger partial charge is 0.483 e. The Kier molecular flexibility index (Phi) is 8.76. The highest BCUT2D eigenvalue weighted by molar-refractivity contribution is 7.80. The summed E-state index contributed by atoms with van der Waals surface area (Å²) in [6.45, 7) is 3.58. The second-order valence-corrected chi connectivity index (χ2v) is 6.79. The summed E-state index contributed by atoms with van der Waals surface area (Å²) in [6, 6.07) is 13.7. The van der Waals surface area contributed by atoms with Crippen LogP contribution >= 0.6 is 12.2 Å². The highest BCUT2D eigenvalue weighted by Crippen LogP contribution is 2.15. The van der Waals surface area contributed by atoms with Crippen LogP contribution in [0.15, 0.2) is 48.5 Å². The van der Waals surface area contributed by atoms with Gasteiger partial charge in [0.15, 0.2) is 11.7 Å². The lowest BCUT2D eigenvalue weighted by Crippen LogP contribution is -2.49. The fourth-order valence-corrected chi connectivity index (χ4v) is 2.56. The third kappa shape index (κ3) is 7.51. The molecule has 0 aliphatic carbocycles. The molecule has 0 radical (unpaired) electrons. The Morgan fingerprint density at radius 1 is 0.967 bits per heavy atom. The smallest absolute Gasteiger partial charge is 0.269 e. The summed E-state index contributed by atoms with van der Waals surface area (Å²) >= 11 is 4.99. The topological polar surface area (TPSA) is 109 Å². The summed E-state index contributed by atoms with van der Waals surface area (Å²) in [4.78, 5) is 35.7. The van der Waals surface area contributed by atoms with E-state index in [-0.39, 0.29) is 17.6 Å². The van der Waals surface area contributed by atoms with Crippen LogP contribution in [0.25, 0.3) is 0 Å². The van der Waals surface area contributed by atoms with E-state index in [0.29, 0.717) is 23.4 Å². The summed E-state index contributed by atoms with van der Waals surface area (Å²) in [6.07, 6.45) is 1.19. The number of para-hydroxylation sites is 1. The molecule has 0 heterocycles. The van der Waals surface area contributed by atoms with Crippen molar-refractivity contribution in [1.82, 2.24) is 16.2 Å². The number of ether oxygens (including phenoxy) is 1. The highest BCUT2D eigenvalue weighted by Gasteiger charge is 2.09. The van der Waals surface area contributed by atoms with E-state index in [4.69, 9.17) is 17.0 Å². The first-order valence-electron chi connectivity index (χ1n) is 9.37. The number of anilines is 1. The van der Waals surface area contributed by atoms with Gasteiger partial charge in [0, 0.05) is 17.7 Å². The van der Waals surface area contributed by atoms with Crippen molar-refractivity contribution >= 4 is 40.7 Å². The second kappa shape index (κ2) is 11.5. The molecule has 8 nitrogen and oxygen atoms in total. The maximum absolute atomic E-state index is 12.2. The number of aryl methyl sites for hydroxylation is 1. The van der Waals surface area contributed by atoms with E-state index in [0.717, 1.165) is 12.0 Å². The van der Waals surface area contributed by atoms with Crippen molar-refractivity contribution in [2.75, 3.05) is 11.9 Å². The molecule has 0 atom stereocenters. The normalized spacial score (nSPS) is 9.93. The average molecular weight is 429 g/mol. The second-order valence-electron chi connectivity index (χ2n) is 6.39. The Bertz CT molecular complexity index is 915. The number of hydrazine groups is 1. The molecular formula is C21H24N4O4S. The van der Waals surface area contributed by atoms with Gasteiger partial charge in [-0.05, 0) is 61.5 Å². The van der Waals surface area contributed by atoms with Crippen LogP contribution in [0.2, 0.25) is 0 Å². The Balaban J connectivity index is 1.74. The number of benzene rings is 2. The van der Waals surface area contributed by atoms with E-state index < -0.39 is 11.8 Å². The van der Waals surface area contributed by atoms with Gasteiger partial charge >= 0.3 is 0 Å². The van der Waals surface area contributed by atoms with Crippen molar-refractivity contribution < 1.29 is 19.1 Å². The van der Waals surface area contributed by atoms with Gasteiger partial charge in [-0.2, -0.15) is 0 Å². The molecular weight excluding hydrogens is 404 g/mol. The number of hydrogen-bond donors (Lipinski definition) is 4. The van der Waals surface area contributed by atoms with Crippen LogP contribution in [0.5, 0.6) is 5.75 Å². The van der Waals surface area contributed by atoms with Crippen molar-refractivity contribution in [2.45, 2.75) is 26.7 Å². The molecule has 2 rings (SSSR count). The van der Waals surface area contributed by atoms with E-state index in [1.165, 1.54) is 0 Å². The maximum atomic E-state index is 12.2.